The molecule has 1 aliphatic rings. The van der Waals surface area contributed by atoms with Crippen molar-refractivity contribution in [2.45, 2.75) is 51.6 Å². The first-order valence-electron chi connectivity index (χ1n) is 11.9. The van der Waals surface area contributed by atoms with Crippen LogP contribution in [0.2, 0.25) is 0 Å². The Kier molecular flexibility index (Phi) is 8.55. The van der Waals surface area contributed by atoms with Crippen LogP contribution in [0.15, 0.2) is 42.5 Å². The number of ether oxygens (including phenoxy) is 2. The third-order valence-corrected chi connectivity index (χ3v) is 6.35. The van der Waals surface area contributed by atoms with E-state index in [1.165, 1.54) is 0 Å². The van der Waals surface area contributed by atoms with Crippen molar-refractivity contribution in [2.75, 3.05) is 25.5 Å². The van der Waals surface area contributed by atoms with E-state index in [0.29, 0.717) is 38.1 Å². The van der Waals surface area contributed by atoms with Gasteiger partial charge in [0, 0.05) is 24.3 Å². The van der Waals surface area contributed by atoms with Crippen LogP contribution in [0.4, 0.5) is 23.2 Å². The number of likely N-dealkylation sites (tertiary alicyclic amines) is 1. The molecule has 1 atom stereocenters. The van der Waals surface area contributed by atoms with Gasteiger partial charge in [0.05, 0.1) is 12.7 Å². The summed E-state index contributed by atoms with van der Waals surface area (Å²) in [7, 11) is 1.60. The number of anilines is 1. The molecule has 1 heterocycles. The Balaban J connectivity index is 1.65. The van der Waals surface area contributed by atoms with E-state index in [4.69, 9.17) is 4.74 Å². The van der Waals surface area contributed by atoms with Crippen LogP contribution in [0.5, 0.6) is 11.5 Å². The Bertz CT molecular complexity index is 1100. The Labute approximate surface area is 213 Å². The van der Waals surface area contributed by atoms with E-state index in [0.717, 1.165) is 17.5 Å². The van der Waals surface area contributed by atoms with Gasteiger partial charge in [-0.3, -0.25) is 9.59 Å². The Morgan fingerprint density at radius 2 is 1.62 bits per heavy atom. The molecule has 2 aromatic rings. The lowest BCUT2D eigenvalue weighted by molar-refractivity contribution is -0.274. The third-order valence-electron chi connectivity index (χ3n) is 6.35. The maximum atomic E-state index is 14.3. The molecule has 0 radical (unpaired) electrons. The highest BCUT2D eigenvalue weighted by molar-refractivity contribution is 5.98. The van der Waals surface area contributed by atoms with Gasteiger partial charge in [-0.05, 0) is 68.1 Å². The summed E-state index contributed by atoms with van der Waals surface area (Å²) in [6.45, 7) is 6.38. The summed E-state index contributed by atoms with van der Waals surface area (Å²) in [6, 6.07) is 8.70. The van der Waals surface area contributed by atoms with Gasteiger partial charge in [-0.15, -0.1) is 13.2 Å². The molecule has 7 nitrogen and oxygen atoms in total. The molecule has 3 rings (SSSR count). The molecule has 0 saturated carbocycles. The van der Waals surface area contributed by atoms with Crippen LogP contribution in [-0.2, 0) is 4.79 Å². The molecular formula is C26H31F4N3O4. The van der Waals surface area contributed by atoms with E-state index in [1.54, 1.807) is 25.9 Å². The van der Waals surface area contributed by atoms with E-state index in [1.807, 2.05) is 24.3 Å². The van der Waals surface area contributed by atoms with Crippen LogP contribution in [0.25, 0.3) is 0 Å². The van der Waals surface area contributed by atoms with E-state index in [2.05, 4.69) is 22.3 Å². The molecule has 2 N–H and O–H groups in total. The van der Waals surface area contributed by atoms with Crippen molar-refractivity contribution in [1.82, 2.24) is 10.2 Å². The fourth-order valence-electron chi connectivity index (χ4n) is 4.17. The minimum atomic E-state index is -4.99. The predicted octanol–water partition coefficient (Wildman–Crippen LogP) is 4.98. The van der Waals surface area contributed by atoms with Crippen LogP contribution in [0.1, 0.15) is 44.0 Å². The highest BCUT2D eigenvalue weighted by Crippen LogP contribution is 2.29. The number of carbonyl (C=O) groups excluding carboxylic acids is 2. The lowest BCUT2D eigenvalue weighted by Crippen LogP contribution is -2.56. The van der Waals surface area contributed by atoms with Crippen LogP contribution >= 0.6 is 0 Å². The number of benzene rings is 2. The first-order valence-corrected chi connectivity index (χ1v) is 11.9. The smallest absolute Gasteiger partial charge is 0.497 e. The lowest BCUT2D eigenvalue weighted by atomic mass is 9.88. The van der Waals surface area contributed by atoms with Gasteiger partial charge < -0.3 is 25.0 Å². The largest absolute Gasteiger partial charge is 0.573 e. The van der Waals surface area contributed by atoms with E-state index >= 15 is 0 Å². The van der Waals surface area contributed by atoms with Crippen LogP contribution < -0.4 is 20.1 Å². The van der Waals surface area contributed by atoms with Crippen LogP contribution in [0.3, 0.4) is 0 Å². The second-order valence-electron chi connectivity index (χ2n) is 9.62. The number of piperidine rings is 1. The first kappa shape index (κ1) is 28.1. The molecule has 1 saturated heterocycles. The minimum absolute atomic E-state index is 0.260. The Morgan fingerprint density at radius 1 is 1.03 bits per heavy atom. The number of methoxy groups -OCH3 is 1. The SMILES string of the molecule is COc1ccc(NC2(C)CCN(C(=O)[C@H](NC(=O)c3cc(OC(F)(F)F)ccc3F)C(C)C)CC2)cc1. The zero-order chi connectivity index (χ0) is 27.4. The Morgan fingerprint density at radius 3 is 2.16 bits per heavy atom. The number of rotatable bonds is 8. The summed E-state index contributed by atoms with van der Waals surface area (Å²) in [4.78, 5) is 27.7. The molecule has 11 heteroatoms. The molecule has 0 aromatic heterocycles. The van der Waals surface area contributed by atoms with Crippen molar-refractivity contribution in [3.8, 4) is 11.5 Å². The number of alkyl halides is 3. The normalized spacial score (nSPS) is 16.2. The fourth-order valence-corrected chi connectivity index (χ4v) is 4.17. The molecule has 2 amide bonds. The van der Waals surface area contributed by atoms with Crippen molar-refractivity contribution >= 4 is 17.5 Å². The molecule has 2 aromatic carbocycles. The van der Waals surface area contributed by atoms with Crippen LogP contribution in [0, 0.1) is 11.7 Å². The van der Waals surface area contributed by atoms with Gasteiger partial charge in [0.1, 0.15) is 23.4 Å². The summed E-state index contributed by atoms with van der Waals surface area (Å²) in [6.07, 6.45) is -3.70. The van der Waals surface area contributed by atoms with E-state index in [9.17, 15) is 27.2 Å². The molecule has 0 aliphatic carbocycles. The van der Waals surface area contributed by atoms with Crippen molar-refractivity contribution in [3.05, 3.63) is 53.8 Å². The van der Waals surface area contributed by atoms with Gasteiger partial charge in [0.15, 0.2) is 0 Å². The molecule has 202 valence electrons. The summed E-state index contributed by atoms with van der Waals surface area (Å²) in [5, 5.41) is 6.00. The van der Waals surface area contributed by atoms with Gasteiger partial charge in [-0.1, -0.05) is 13.8 Å². The minimum Gasteiger partial charge on any atom is -0.497 e. The Hall–Kier alpha value is -3.50. The third kappa shape index (κ3) is 7.50. The fraction of sp³-hybridized carbons (Fsp3) is 0.462. The number of carbonyl (C=O) groups is 2. The second-order valence-corrected chi connectivity index (χ2v) is 9.62. The zero-order valence-electron chi connectivity index (χ0n) is 21.1. The highest BCUT2D eigenvalue weighted by atomic mass is 19.4. The molecule has 0 spiro atoms. The van der Waals surface area contributed by atoms with Crippen molar-refractivity contribution in [1.29, 1.82) is 0 Å². The topological polar surface area (TPSA) is 79.9 Å². The molecule has 1 fully saturated rings. The summed E-state index contributed by atoms with van der Waals surface area (Å²) in [5.41, 5.74) is 0.0218. The van der Waals surface area contributed by atoms with Crippen LogP contribution in [-0.4, -0.2) is 54.9 Å². The summed E-state index contributed by atoms with van der Waals surface area (Å²) in [5.74, 6) is -2.69. The standard InChI is InChI=1S/C26H31F4N3O4/c1-16(2)22(31-23(34)20-15-19(9-10-21(20)27)37-26(28,29)30)24(35)33-13-11-25(3,12-14-33)32-17-5-7-18(36-4)8-6-17/h5-10,15-16,22,32H,11-14H2,1-4H3,(H,31,34)/t22-/m1/s1. The number of halogens is 4. The molecule has 1 aliphatic heterocycles. The molecule has 37 heavy (non-hydrogen) atoms. The second kappa shape index (κ2) is 11.3. The molecular weight excluding hydrogens is 494 g/mol. The van der Waals surface area contributed by atoms with Gasteiger partial charge in [-0.2, -0.15) is 0 Å². The lowest BCUT2D eigenvalue weighted by Gasteiger charge is -2.42. The van der Waals surface area contributed by atoms with Gasteiger partial charge >= 0.3 is 6.36 Å². The number of amides is 2. The molecule has 0 unspecified atom stereocenters. The van der Waals surface area contributed by atoms with Gasteiger partial charge in [0.2, 0.25) is 5.91 Å². The average Bonchev–Trinajstić information content (AvgIpc) is 2.83. The summed E-state index contributed by atoms with van der Waals surface area (Å²) < 4.78 is 60.8. The highest BCUT2D eigenvalue weighted by Gasteiger charge is 2.36. The monoisotopic (exact) mass is 525 g/mol. The number of nitrogens with zero attached hydrogens (tertiary/aromatic N) is 1. The number of nitrogens with one attached hydrogen (secondary N) is 2. The first-order chi connectivity index (χ1) is 17.3. The maximum absolute atomic E-state index is 14.3. The van der Waals surface area contributed by atoms with E-state index in [-0.39, 0.29) is 17.4 Å². The van der Waals surface area contributed by atoms with Crippen molar-refractivity contribution < 1.29 is 36.6 Å². The maximum Gasteiger partial charge on any atom is 0.573 e. The molecule has 0 bridgehead atoms. The zero-order valence-corrected chi connectivity index (χ0v) is 21.1. The van der Waals surface area contributed by atoms with Crippen molar-refractivity contribution in [2.24, 2.45) is 5.92 Å². The van der Waals surface area contributed by atoms with E-state index < -0.39 is 35.4 Å². The van der Waals surface area contributed by atoms with Gasteiger partial charge in [0.25, 0.3) is 5.91 Å². The average molecular weight is 526 g/mol. The predicted molar refractivity (Wildman–Crippen MR) is 130 cm³/mol. The quantitative estimate of drug-likeness (QED) is 0.476. The summed E-state index contributed by atoms with van der Waals surface area (Å²) >= 11 is 0. The van der Waals surface area contributed by atoms with Gasteiger partial charge in [-0.25, -0.2) is 4.39 Å². The number of hydrogen-bond acceptors (Lipinski definition) is 5. The number of hydrogen-bond donors (Lipinski definition) is 2. The van der Waals surface area contributed by atoms with Crippen molar-refractivity contribution in [3.63, 3.8) is 0 Å².